The smallest absolute Gasteiger partial charge is 0.181 e. The number of piperazine rings is 1. The molecule has 5 rings (SSSR count). The van der Waals surface area contributed by atoms with Crippen molar-refractivity contribution in [3.8, 4) is 0 Å². The summed E-state index contributed by atoms with van der Waals surface area (Å²) in [5.74, 6) is 0.196. The van der Waals surface area contributed by atoms with Crippen molar-refractivity contribution in [2.75, 3.05) is 26.2 Å². The normalized spacial score (nSPS) is 17.1. The Hall–Kier alpha value is -2.54. The summed E-state index contributed by atoms with van der Waals surface area (Å²) >= 11 is 1.78. The molecule has 0 amide bonds. The maximum atomic E-state index is 13.1. The molecule has 0 saturated carbocycles. The number of ketones is 1. The monoisotopic (exact) mass is 404 g/mol. The molecule has 148 valence electrons. The highest BCUT2D eigenvalue weighted by Crippen LogP contribution is 2.24. The van der Waals surface area contributed by atoms with Crippen molar-refractivity contribution in [2.24, 2.45) is 0 Å². The third-order valence-electron chi connectivity index (χ3n) is 5.89. The second kappa shape index (κ2) is 7.71. The zero-order valence-electron chi connectivity index (χ0n) is 16.5. The summed E-state index contributed by atoms with van der Waals surface area (Å²) in [7, 11) is 0. The van der Waals surface area contributed by atoms with Crippen LogP contribution in [0.2, 0.25) is 0 Å². The Balaban J connectivity index is 1.22. The largest absolute Gasteiger partial charge is 0.360 e. The Morgan fingerprint density at radius 1 is 1.10 bits per heavy atom. The lowest BCUT2D eigenvalue weighted by Gasteiger charge is -2.37. The van der Waals surface area contributed by atoms with Crippen LogP contribution in [0.25, 0.3) is 21.1 Å². The number of carbonyl (C=O) groups excluding carboxylic acids is 1. The summed E-state index contributed by atoms with van der Waals surface area (Å²) in [5.41, 5.74) is 2.90. The molecule has 29 heavy (non-hydrogen) atoms. The van der Waals surface area contributed by atoms with Crippen LogP contribution in [0.15, 0.2) is 54.7 Å². The summed E-state index contributed by atoms with van der Waals surface area (Å²) in [4.78, 5) is 25.8. The van der Waals surface area contributed by atoms with E-state index in [1.54, 1.807) is 11.3 Å². The number of hydrogen-bond donors (Lipinski definition) is 1. The van der Waals surface area contributed by atoms with Crippen LogP contribution in [-0.2, 0) is 6.54 Å². The Bertz CT molecular complexity index is 1120. The molecule has 1 aliphatic heterocycles. The van der Waals surface area contributed by atoms with Crippen LogP contribution in [0, 0.1) is 0 Å². The van der Waals surface area contributed by atoms with Crippen LogP contribution in [0.3, 0.4) is 0 Å². The van der Waals surface area contributed by atoms with E-state index in [0.717, 1.165) is 54.7 Å². The summed E-state index contributed by atoms with van der Waals surface area (Å²) in [6.45, 7) is 6.65. The van der Waals surface area contributed by atoms with Crippen LogP contribution in [-0.4, -0.2) is 57.8 Å². The number of H-pyrrole nitrogens is 1. The lowest BCUT2D eigenvalue weighted by atomic mass is 10.0. The van der Waals surface area contributed by atoms with Crippen LogP contribution in [0.4, 0.5) is 0 Å². The van der Waals surface area contributed by atoms with Crippen molar-refractivity contribution >= 4 is 38.2 Å². The molecule has 1 unspecified atom stereocenters. The number of carbonyl (C=O) groups is 1. The van der Waals surface area contributed by atoms with Gasteiger partial charge in [-0.1, -0.05) is 30.3 Å². The van der Waals surface area contributed by atoms with Crippen LogP contribution in [0.1, 0.15) is 22.3 Å². The van der Waals surface area contributed by atoms with E-state index in [-0.39, 0.29) is 11.8 Å². The number of nitrogens with zero attached hydrogens (tertiary/aromatic N) is 3. The van der Waals surface area contributed by atoms with Crippen molar-refractivity contribution in [3.05, 3.63) is 65.3 Å². The highest BCUT2D eigenvalue weighted by atomic mass is 32.1. The maximum absolute atomic E-state index is 13.1. The van der Waals surface area contributed by atoms with E-state index in [1.165, 1.54) is 9.71 Å². The number of Topliss-reactive ketones (excluding diaryl/α,β-unsaturated/α-hetero) is 1. The number of fused-ring (bicyclic) bond motifs is 2. The van der Waals surface area contributed by atoms with Gasteiger partial charge in [-0.2, -0.15) is 0 Å². The first kappa shape index (κ1) is 18.5. The third-order valence-corrected chi connectivity index (χ3v) is 6.91. The minimum Gasteiger partial charge on any atom is -0.360 e. The van der Waals surface area contributed by atoms with Gasteiger partial charge in [-0.05, 0) is 25.1 Å². The second-order valence-corrected chi connectivity index (χ2v) is 8.79. The molecule has 1 N–H and O–H groups in total. The van der Waals surface area contributed by atoms with Gasteiger partial charge in [-0.3, -0.25) is 14.6 Å². The average molecular weight is 405 g/mol. The highest BCUT2D eigenvalue weighted by molar-refractivity contribution is 7.18. The maximum Gasteiger partial charge on any atom is 0.181 e. The van der Waals surface area contributed by atoms with Crippen molar-refractivity contribution < 1.29 is 4.79 Å². The van der Waals surface area contributed by atoms with Crippen molar-refractivity contribution in [3.63, 3.8) is 0 Å². The van der Waals surface area contributed by atoms with Crippen molar-refractivity contribution in [1.29, 1.82) is 0 Å². The second-order valence-electron chi connectivity index (χ2n) is 7.68. The molecular weight excluding hydrogens is 380 g/mol. The number of aromatic nitrogens is 2. The molecule has 2 aromatic heterocycles. The van der Waals surface area contributed by atoms with Gasteiger partial charge in [0.1, 0.15) is 5.01 Å². The van der Waals surface area contributed by atoms with Gasteiger partial charge in [0.25, 0.3) is 0 Å². The van der Waals surface area contributed by atoms with Crippen LogP contribution < -0.4 is 0 Å². The number of aromatic amines is 1. The Morgan fingerprint density at radius 2 is 1.86 bits per heavy atom. The average Bonchev–Trinajstić information content (AvgIpc) is 3.37. The minimum atomic E-state index is -0.112. The molecule has 5 nitrogen and oxygen atoms in total. The van der Waals surface area contributed by atoms with Crippen molar-refractivity contribution in [2.45, 2.75) is 19.5 Å². The van der Waals surface area contributed by atoms with E-state index in [2.05, 4.69) is 33.0 Å². The van der Waals surface area contributed by atoms with E-state index in [9.17, 15) is 4.79 Å². The molecule has 0 aliphatic carbocycles. The molecule has 1 atom stereocenters. The van der Waals surface area contributed by atoms with Gasteiger partial charge in [0.2, 0.25) is 0 Å². The molecule has 6 heteroatoms. The Labute approximate surface area is 174 Å². The Morgan fingerprint density at radius 3 is 2.69 bits per heavy atom. The molecule has 1 aliphatic rings. The van der Waals surface area contributed by atoms with Crippen LogP contribution in [0.5, 0.6) is 0 Å². The fourth-order valence-corrected chi connectivity index (χ4v) is 5.16. The Kier molecular flexibility index (Phi) is 4.91. The molecule has 0 spiro atoms. The lowest BCUT2D eigenvalue weighted by molar-refractivity contribution is 0.0688. The minimum absolute atomic E-state index is 0.112. The quantitative estimate of drug-likeness (QED) is 0.507. The van der Waals surface area contributed by atoms with Gasteiger partial charge in [-0.15, -0.1) is 11.3 Å². The molecule has 1 saturated heterocycles. The molecule has 0 bridgehead atoms. The summed E-state index contributed by atoms with van der Waals surface area (Å²) in [6.07, 6.45) is 1.85. The zero-order valence-corrected chi connectivity index (χ0v) is 17.3. The van der Waals surface area contributed by atoms with Gasteiger partial charge in [-0.25, -0.2) is 4.98 Å². The van der Waals surface area contributed by atoms with E-state index in [1.807, 2.05) is 43.5 Å². The summed E-state index contributed by atoms with van der Waals surface area (Å²) in [5, 5.41) is 2.18. The number of benzene rings is 2. The first-order valence-electron chi connectivity index (χ1n) is 10.1. The number of rotatable bonds is 5. The topological polar surface area (TPSA) is 52.2 Å². The van der Waals surface area contributed by atoms with Gasteiger partial charge < -0.3 is 4.98 Å². The number of nitrogens with one attached hydrogen (secondary N) is 1. The van der Waals surface area contributed by atoms with E-state index < -0.39 is 0 Å². The number of thiazole rings is 1. The van der Waals surface area contributed by atoms with Gasteiger partial charge in [0, 0.05) is 48.8 Å². The molecule has 2 aromatic carbocycles. The van der Waals surface area contributed by atoms with E-state index in [4.69, 9.17) is 4.98 Å². The summed E-state index contributed by atoms with van der Waals surface area (Å²) < 4.78 is 1.25. The molecule has 1 fully saturated rings. The number of hydrogen-bond acceptors (Lipinski definition) is 5. The molecule has 0 radical (unpaired) electrons. The highest BCUT2D eigenvalue weighted by Gasteiger charge is 2.27. The SMILES string of the molecule is CC(C(=O)c1c[nH]c2ccccc12)N1CCN(Cc2nc3ccccc3s2)CC1. The predicted molar refractivity (Wildman–Crippen MR) is 119 cm³/mol. The fourth-order valence-electron chi connectivity index (χ4n) is 4.15. The number of para-hydroxylation sites is 2. The summed E-state index contributed by atoms with van der Waals surface area (Å²) in [6, 6.07) is 16.2. The lowest BCUT2D eigenvalue weighted by Crippen LogP contribution is -2.51. The first-order valence-corrected chi connectivity index (χ1v) is 10.9. The standard InChI is InChI=1S/C23H24N4OS/c1-16(23(28)18-14-24-19-7-3-2-6-17(18)19)27-12-10-26(11-13-27)15-22-25-20-8-4-5-9-21(20)29-22/h2-9,14,16,24H,10-13,15H2,1H3. The molecule has 4 aromatic rings. The van der Waals surface area contributed by atoms with Gasteiger partial charge in [0.05, 0.1) is 22.8 Å². The van der Waals surface area contributed by atoms with Crippen LogP contribution >= 0.6 is 11.3 Å². The van der Waals surface area contributed by atoms with E-state index >= 15 is 0 Å². The van der Waals surface area contributed by atoms with Crippen molar-refractivity contribution in [1.82, 2.24) is 19.8 Å². The predicted octanol–water partition coefficient (Wildman–Crippen LogP) is 4.17. The van der Waals surface area contributed by atoms with Gasteiger partial charge >= 0.3 is 0 Å². The first-order chi connectivity index (χ1) is 14.2. The zero-order chi connectivity index (χ0) is 19.8. The molecular formula is C23H24N4OS. The third kappa shape index (κ3) is 3.59. The molecule has 3 heterocycles. The fraction of sp³-hybridized carbons (Fsp3) is 0.304. The van der Waals surface area contributed by atoms with E-state index in [0.29, 0.717) is 0 Å². The van der Waals surface area contributed by atoms with Gasteiger partial charge in [0.15, 0.2) is 5.78 Å².